The van der Waals surface area contributed by atoms with Gasteiger partial charge in [0.1, 0.15) is 0 Å². The average Bonchev–Trinajstić information content (AvgIpc) is 2.30. The molecule has 1 nitrogen and oxygen atoms in total. The molecule has 0 heterocycles. The van der Waals surface area contributed by atoms with Crippen molar-refractivity contribution in [2.24, 2.45) is 17.3 Å². The van der Waals surface area contributed by atoms with Gasteiger partial charge in [-0.05, 0) is 44.4 Å². The first-order valence-electron chi connectivity index (χ1n) is 8.20. The summed E-state index contributed by atoms with van der Waals surface area (Å²) in [6, 6.07) is 0. The number of methoxy groups -OCH3 is 1. The van der Waals surface area contributed by atoms with Gasteiger partial charge in [0.05, 0.1) is 6.10 Å². The monoisotopic (exact) mass is 286 g/mol. The zero-order chi connectivity index (χ0) is 16.8. The molecule has 0 aromatic heterocycles. The number of allylic oxidation sites excluding steroid dienone is 2. The maximum atomic E-state index is 4.75. The number of hydrogen-bond acceptors (Lipinski definition) is 1. The van der Waals surface area contributed by atoms with Gasteiger partial charge in [-0.1, -0.05) is 67.0 Å². The molecular weight excluding hydrogens is 244 g/mol. The third-order valence-corrected chi connectivity index (χ3v) is 3.51. The molecular formula is C19H42O. The third-order valence-electron chi connectivity index (χ3n) is 3.51. The topological polar surface area (TPSA) is 9.23 Å². The van der Waals surface area contributed by atoms with E-state index in [-0.39, 0.29) is 0 Å². The Morgan fingerprint density at radius 2 is 1.40 bits per heavy atom. The van der Waals surface area contributed by atoms with Crippen LogP contribution in [0.2, 0.25) is 0 Å². The third kappa shape index (κ3) is 22.8. The highest BCUT2D eigenvalue weighted by Gasteiger charge is 2.20. The summed E-state index contributed by atoms with van der Waals surface area (Å²) < 4.78 is 4.75. The molecule has 0 fully saturated rings. The molecule has 124 valence electrons. The van der Waals surface area contributed by atoms with E-state index in [9.17, 15) is 0 Å². The molecule has 0 unspecified atom stereocenters. The first kappa shape index (κ1) is 24.7. The Bertz CT molecular complexity index is 200. The molecule has 0 radical (unpaired) electrons. The Morgan fingerprint density at radius 3 is 1.45 bits per heavy atom. The molecule has 0 saturated carbocycles. The van der Waals surface area contributed by atoms with E-state index in [1.165, 1.54) is 12.8 Å². The zero-order valence-electron chi connectivity index (χ0n) is 16.2. The standard InChI is InChI=1S/C9H20.C6H12.C4H10O/c1-6-7-9(4,5)8(2)3;1-4-5-6(2)3;1-4(2)5-3/h8H,6-7H2,1-5H3;4-6H,1-3H3;4H,1-3H3/b;5-4-;. The van der Waals surface area contributed by atoms with Gasteiger partial charge in [0.2, 0.25) is 0 Å². The average molecular weight is 287 g/mol. The van der Waals surface area contributed by atoms with E-state index in [4.69, 9.17) is 4.74 Å². The number of rotatable bonds is 5. The lowest BCUT2D eigenvalue weighted by Gasteiger charge is -2.28. The van der Waals surface area contributed by atoms with Crippen LogP contribution in [0, 0.1) is 17.3 Å². The summed E-state index contributed by atoms with van der Waals surface area (Å²) in [6.07, 6.45) is 7.29. The van der Waals surface area contributed by atoms with E-state index in [0.29, 0.717) is 11.5 Å². The van der Waals surface area contributed by atoms with Crippen molar-refractivity contribution in [3.05, 3.63) is 12.2 Å². The van der Waals surface area contributed by atoms with Crippen LogP contribution in [0.4, 0.5) is 0 Å². The highest BCUT2D eigenvalue weighted by Crippen LogP contribution is 2.30. The van der Waals surface area contributed by atoms with Crippen molar-refractivity contribution in [2.45, 2.75) is 88.2 Å². The van der Waals surface area contributed by atoms with Crippen molar-refractivity contribution in [3.63, 3.8) is 0 Å². The van der Waals surface area contributed by atoms with E-state index in [1.807, 2.05) is 20.8 Å². The lowest BCUT2D eigenvalue weighted by atomic mass is 9.78. The molecule has 0 atom stereocenters. The molecule has 0 aliphatic rings. The summed E-state index contributed by atoms with van der Waals surface area (Å²) in [5.74, 6) is 1.53. The minimum atomic E-state index is 0.384. The van der Waals surface area contributed by atoms with Crippen LogP contribution < -0.4 is 0 Å². The molecule has 0 spiro atoms. The lowest BCUT2D eigenvalue weighted by molar-refractivity contribution is 0.134. The minimum Gasteiger partial charge on any atom is -0.382 e. The molecule has 0 aromatic rings. The zero-order valence-corrected chi connectivity index (χ0v) is 16.2. The van der Waals surface area contributed by atoms with Crippen LogP contribution in [-0.4, -0.2) is 13.2 Å². The van der Waals surface area contributed by atoms with E-state index in [2.05, 4.69) is 60.6 Å². The second kappa shape index (κ2) is 15.1. The van der Waals surface area contributed by atoms with Crippen LogP contribution in [0.15, 0.2) is 12.2 Å². The van der Waals surface area contributed by atoms with E-state index in [1.54, 1.807) is 7.11 Å². The summed E-state index contributed by atoms with van der Waals surface area (Å²) in [7, 11) is 1.70. The summed E-state index contributed by atoms with van der Waals surface area (Å²) in [4.78, 5) is 0. The van der Waals surface area contributed by atoms with Crippen LogP contribution in [0.5, 0.6) is 0 Å². The second-order valence-electron chi connectivity index (χ2n) is 6.95. The van der Waals surface area contributed by atoms with Crippen LogP contribution >= 0.6 is 0 Å². The predicted molar refractivity (Wildman–Crippen MR) is 95.3 cm³/mol. The molecule has 0 N–H and O–H groups in total. The molecule has 0 aromatic carbocycles. The van der Waals surface area contributed by atoms with E-state index < -0.39 is 0 Å². The molecule has 0 bridgehead atoms. The van der Waals surface area contributed by atoms with Gasteiger partial charge in [-0.3, -0.25) is 0 Å². The Kier molecular flexibility index (Phi) is 18.6. The van der Waals surface area contributed by atoms with Crippen molar-refractivity contribution < 1.29 is 4.74 Å². The van der Waals surface area contributed by atoms with Gasteiger partial charge in [0.15, 0.2) is 0 Å². The molecule has 0 rings (SSSR count). The first-order chi connectivity index (χ1) is 9.04. The summed E-state index contributed by atoms with van der Waals surface area (Å²) >= 11 is 0. The maximum Gasteiger partial charge on any atom is 0.0515 e. The summed E-state index contributed by atoms with van der Waals surface area (Å²) in [5, 5.41) is 0. The van der Waals surface area contributed by atoms with E-state index >= 15 is 0 Å². The minimum absolute atomic E-state index is 0.384. The molecule has 0 saturated heterocycles. The van der Waals surface area contributed by atoms with Crippen LogP contribution in [0.3, 0.4) is 0 Å². The fourth-order valence-electron chi connectivity index (χ4n) is 1.32. The Labute approximate surface area is 130 Å². The van der Waals surface area contributed by atoms with Crippen LogP contribution in [0.1, 0.15) is 82.1 Å². The first-order valence-corrected chi connectivity index (χ1v) is 8.20. The van der Waals surface area contributed by atoms with Crippen molar-refractivity contribution in [2.75, 3.05) is 7.11 Å². The van der Waals surface area contributed by atoms with Crippen LogP contribution in [0.25, 0.3) is 0 Å². The lowest BCUT2D eigenvalue weighted by Crippen LogP contribution is -2.18. The molecule has 20 heavy (non-hydrogen) atoms. The predicted octanol–water partition coefficient (Wildman–Crippen LogP) is 6.73. The highest BCUT2D eigenvalue weighted by molar-refractivity contribution is 4.79. The molecule has 0 amide bonds. The van der Waals surface area contributed by atoms with Crippen molar-refractivity contribution >= 4 is 0 Å². The van der Waals surface area contributed by atoms with Gasteiger partial charge in [-0.2, -0.15) is 0 Å². The number of ether oxygens (including phenoxy) is 1. The van der Waals surface area contributed by atoms with Crippen LogP contribution in [-0.2, 0) is 4.74 Å². The summed E-state index contributed by atoms with van der Waals surface area (Å²) in [5.41, 5.74) is 0.550. The van der Waals surface area contributed by atoms with E-state index in [0.717, 1.165) is 11.8 Å². The molecule has 0 aliphatic heterocycles. The molecule has 1 heteroatoms. The number of hydrogen-bond donors (Lipinski definition) is 0. The Morgan fingerprint density at radius 1 is 1.00 bits per heavy atom. The quantitative estimate of drug-likeness (QED) is 0.509. The van der Waals surface area contributed by atoms with Crippen molar-refractivity contribution in [3.8, 4) is 0 Å². The van der Waals surface area contributed by atoms with Crippen molar-refractivity contribution in [1.29, 1.82) is 0 Å². The van der Waals surface area contributed by atoms with Gasteiger partial charge >= 0.3 is 0 Å². The van der Waals surface area contributed by atoms with Gasteiger partial charge in [0, 0.05) is 7.11 Å². The van der Waals surface area contributed by atoms with Gasteiger partial charge < -0.3 is 4.74 Å². The second-order valence-corrected chi connectivity index (χ2v) is 6.95. The smallest absolute Gasteiger partial charge is 0.0515 e. The Hall–Kier alpha value is -0.300. The van der Waals surface area contributed by atoms with Gasteiger partial charge in [-0.25, -0.2) is 0 Å². The maximum absolute atomic E-state index is 4.75. The van der Waals surface area contributed by atoms with Crippen molar-refractivity contribution in [1.82, 2.24) is 0 Å². The fraction of sp³-hybridized carbons (Fsp3) is 0.895. The highest BCUT2D eigenvalue weighted by atomic mass is 16.5. The SMILES string of the molecule is C/C=C\C(C)C.CCCC(C)(C)C(C)C.COC(C)C. The van der Waals surface area contributed by atoms with Gasteiger partial charge in [0.25, 0.3) is 0 Å². The molecule has 0 aliphatic carbocycles. The fourth-order valence-corrected chi connectivity index (χ4v) is 1.32. The normalized spacial score (nSPS) is 11.5. The largest absolute Gasteiger partial charge is 0.382 e. The Balaban J connectivity index is -0.000000230. The summed E-state index contributed by atoms with van der Waals surface area (Å²) in [6.45, 7) is 21.9. The van der Waals surface area contributed by atoms with Gasteiger partial charge in [-0.15, -0.1) is 0 Å².